The Morgan fingerprint density at radius 3 is 2.65 bits per heavy atom. The SMILES string of the molecule is O=c1oc2cc(OCc3cccc(C(F)(F)F)c3)ccc2c2c1CCC2. The molecule has 0 spiro atoms. The van der Waals surface area contributed by atoms with Gasteiger partial charge in [-0.25, -0.2) is 4.79 Å². The smallest absolute Gasteiger partial charge is 0.416 e. The van der Waals surface area contributed by atoms with E-state index in [0.717, 1.165) is 47.9 Å². The van der Waals surface area contributed by atoms with Gasteiger partial charge in [0.05, 0.1) is 5.56 Å². The average molecular weight is 360 g/mol. The first kappa shape index (κ1) is 16.7. The zero-order valence-electron chi connectivity index (χ0n) is 13.7. The molecular formula is C20H15F3O3. The van der Waals surface area contributed by atoms with Crippen LogP contribution in [0.25, 0.3) is 11.0 Å². The molecule has 0 bridgehead atoms. The fraction of sp³-hybridized carbons (Fsp3) is 0.250. The van der Waals surface area contributed by atoms with Crippen molar-refractivity contribution < 1.29 is 22.3 Å². The van der Waals surface area contributed by atoms with Crippen molar-refractivity contribution in [3.8, 4) is 5.75 Å². The van der Waals surface area contributed by atoms with E-state index < -0.39 is 11.7 Å². The van der Waals surface area contributed by atoms with E-state index in [2.05, 4.69) is 0 Å². The van der Waals surface area contributed by atoms with Crippen LogP contribution in [-0.4, -0.2) is 0 Å². The van der Waals surface area contributed by atoms with Crippen LogP contribution in [-0.2, 0) is 25.6 Å². The van der Waals surface area contributed by atoms with E-state index in [9.17, 15) is 18.0 Å². The van der Waals surface area contributed by atoms with Crippen molar-refractivity contribution >= 4 is 11.0 Å². The molecule has 134 valence electrons. The zero-order valence-corrected chi connectivity index (χ0v) is 13.7. The molecule has 0 radical (unpaired) electrons. The van der Waals surface area contributed by atoms with E-state index in [1.807, 2.05) is 6.07 Å². The van der Waals surface area contributed by atoms with Crippen LogP contribution < -0.4 is 10.4 Å². The number of alkyl halides is 3. The maximum Gasteiger partial charge on any atom is 0.416 e. The van der Waals surface area contributed by atoms with Gasteiger partial charge in [0.25, 0.3) is 0 Å². The normalized spacial score (nSPS) is 13.8. The Balaban J connectivity index is 1.59. The molecule has 3 aromatic rings. The first-order valence-electron chi connectivity index (χ1n) is 8.29. The molecule has 2 aromatic carbocycles. The van der Waals surface area contributed by atoms with E-state index in [0.29, 0.717) is 16.9 Å². The number of ether oxygens (including phenoxy) is 1. The van der Waals surface area contributed by atoms with Crippen LogP contribution in [0.3, 0.4) is 0 Å². The van der Waals surface area contributed by atoms with Crippen molar-refractivity contribution in [1.82, 2.24) is 0 Å². The molecule has 0 unspecified atom stereocenters. The Labute approximate surface area is 147 Å². The lowest BCUT2D eigenvalue weighted by atomic mass is 10.1. The second-order valence-corrected chi connectivity index (χ2v) is 6.34. The lowest BCUT2D eigenvalue weighted by molar-refractivity contribution is -0.137. The first-order chi connectivity index (χ1) is 12.4. The maximum atomic E-state index is 12.8. The number of hydrogen-bond donors (Lipinski definition) is 0. The van der Waals surface area contributed by atoms with E-state index >= 15 is 0 Å². The Kier molecular flexibility index (Phi) is 3.98. The van der Waals surface area contributed by atoms with Gasteiger partial charge < -0.3 is 9.15 Å². The highest BCUT2D eigenvalue weighted by Crippen LogP contribution is 2.31. The summed E-state index contributed by atoms with van der Waals surface area (Å²) in [5.74, 6) is 0.441. The number of fused-ring (bicyclic) bond motifs is 3. The fourth-order valence-electron chi connectivity index (χ4n) is 3.36. The van der Waals surface area contributed by atoms with Crippen molar-refractivity contribution in [1.29, 1.82) is 0 Å². The van der Waals surface area contributed by atoms with Crippen LogP contribution in [0.5, 0.6) is 5.75 Å². The Morgan fingerprint density at radius 2 is 1.85 bits per heavy atom. The minimum absolute atomic E-state index is 0.00933. The predicted octanol–water partition coefficient (Wildman–Crippen LogP) is 4.88. The molecule has 1 heterocycles. The van der Waals surface area contributed by atoms with Gasteiger partial charge in [-0.1, -0.05) is 12.1 Å². The van der Waals surface area contributed by atoms with Gasteiger partial charge in [0.1, 0.15) is 17.9 Å². The Bertz CT molecular complexity index is 1030. The summed E-state index contributed by atoms with van der Waals surface area (Å²) in [7, 11) is 0. The second kappa shape index (κ2) is 6.20. The third kappa shape index (κ3) is 3.07. The van der Waals surface area contributed by atoms with Crippen LogP contribution in [0.4, 0.5) is 13.2 Å². The molecule has 0 amide bonds. The lowest BCUT2D eigenvalue weighted by Crippen LogP contribution is -2.07. The monoisotopic (exact) mass is 360 g/mol. The van der Waals surface area contributed by atoms with Crippen molar-refractivity contribution in [3.63, 3.8) is 0 Å². The van der Waals surface area contributed by atoms with Crippen molar-refractivity contribution in [2.75, 3.05) is 0 Å². The zero-order chi connectivity index (χ0) is 18.3. The number of rotatable bonds is 3. The van der Waals surface area contributed by atoms with Gasteiger partial charge in [-0.05, 0) is 54.7 Å². The third-order valence-corrected chi connectivity index (χ3v) is 4.60. The minimum Gasteiger partial charge on any atom is -0.489 e. The van der Waals surface area contributed by atoms with Crippen LogP contribution in [0.1, 0.15) is 28.7 Å². The number of hydrogen-bond acceptors (Lipinski definition) is 3. The molecule has 6 heteroatoms. The Hall–Kier alpha value is -2.76. The lowest BCUT2D eigenvalue weighted by Gasteiger charge is -2.11. The summed E-state index contributed by atoms with van der Waals surface area (Å²) >= 11 is 0. The summed E-state index contributed by atoms with van der Waals surface area (Å²) in [5.41, 5.74) is 1.60. The maximum absolute atomic E-state index is 12.8. The highest BCUT2D eigenvalue weighted by atomic mass is 19.4. The number of aryl methyl sites for hydroxylation is 1. The molecule has 3 nitrogen and oxygen atoms in total. The molecule has 0 saturated heterocycles. The fourth-order valence-corrected chi connectivity index (χ4v) is 3.36. The van der Waals surface area contributed by atoms with E-state index in [4.69, 9.17) is 9.15 Å². The summed E-state index contributed by atoms with van der Waals surface area (Å²) < 4.78 is 49.3. The quantitative estimate of drug-likeness (QED) is 0.625. The summed E-state index contributed by atoms with van der Waals surface area (Å²) in [4.78, 5) is 12.0. The van der Waals surface area contributed by atoms with Crippen LogP contribution >= 0.6 is 0 Å². The van der Waals surface area contributed by atoms with E-state index in [-0.39, 0.29) is 12.2 Å². The topological polar surface area (TPSA) is 39.4 Å². The molecule has 0 atom stereocenters. The van der Waals surface area contributed by atoms with Gasteiger partial charge >= 0.3 is 11.8 Å². The Morgan fingerprint density at radius 1 is 1.04 bits per heavy atom. The summed E-state index contributed by atoms with van der Waals surface area (Å²) in [6.45, 7) is -0.00933. The molecule has 1 aliphatic carbocycles. The molecule has 0 saturated carbocycles. The van der Waals surface area contributed by atoms with Gasteiger partial charge in [-0.15, -0.1) is 0 Å². The number of halogens is 3. The van der Waals surface area contributed by atoms with Gasteiger partial charge in [-0.2, -0.15) is 13.2 Å². The van der Waals surface area contributed by atoms with Gasteiger partial charge in [0, 0.05) is 17.0 Å². The van der Waals surface area contributed by atoms with Gasteiger partial charge in [-0.3, -0.25) is 0 Å². The van der Waals surface area contributed by atoms with Gasteiger partial charge in [0.2, 0.25) is 0 Å². The van der Waals surface area contributed by atoms with Crippen LogP contribution in [0, 0.1) is 0 Å². The summed E-state index contributed by atoms with van der Waals surface area (Å²) in [6.07, 6.45) is -1.86. The average Bonchev–Trinajstić information content (AvgIpc) is 3.10. The standard InChI is InChI=1S/C20H15F3O3/c21-20(22,23)13-4-1-3-12(9-13)11-25-14-7-8-16-15-5-2-6-17(15)19(24)26-18(16)10-14/h1,3-4,7-10H,2,5-6,11H2. The molecule has 0 fully saturated rings. The van der Waals surface area contributed by atoms with Crippen molar-refractivity contribution in [2.24, 2.45) is 0 Å². The molecular weight excluding hydrogens is 345 g/mol. The molecule has 0 N–H and O–H groups in total. The largest absolute Gasteiger partial charge is 0.489 e. The molecule has 0 aliphatic heterocycles. The second-order valence-electron chi connectivity index (χ2n) is 6.34. The van der Waals surface area contributed by atoms with Crippen molar-refractivity contribution in [3.05, 3.63) is 75.1 Å². The molecule has 4 rings (SSSR count). The van der Waals surface area contributed by atoms with Crippen LogP contribution in [0.2, 0.25) is 0 Å². The molecule has 1 aromatic heterocycles. The molecule has 26 heavy (non-hydrogen) atoms. The number of benzene rings is 2. The summed E-state index contributed by atoms with van der Waals surface area (Å²) in [5, 5.41) is 0.892. The van der Waals surface area contributed by atoms with Crippen molar-refractivity contribution in [2.45, 2.75) is 32.0 Å². The minimum atomic E-state index is -4.39. The third-order valence-electron chi connectivity index (χ3n) is 4.60. The highest BCUT2D eigenvalue weighted by molar-refractivity contribution is 5.83. The van der Waals surface area contributed by atoms with Gasteiger partial charge in [0.15, 0.2) is 0 Å². The van der Waals surface area contributed by atoms with E-state index in [1.54, 1.807) is 18.2 Å². The summed E-state index contributed by atoms with van der Waals surface area (Å²) in [6, 6.07) is 10.2. The van der Waals surface area contributed by atoms with E-state index in [1.165, 1.54) is 6.07 Å². The predicted molar refractivity (Wildman–Crippen MR) is 90.3 cm³/mol. The molecule has 1 aliphatic rings. The first-order valence-corrected chi connectivity index (χ1v) is 8.29. The highest BCUT2D eigenvalue weighted by Gasteiger charge is 2.30. The van der Waals surface area contributed by atoms with Crippen LogP contribution in [0.15, 0.2) is 51.7 Å².